The first-order chi connectivity index (χ1) is 16.9. The zero-order chi connectivity index (χ0) is 24.8. The topological polar surface area (TPSA) is 80.2 Å². The van der Waals surface area contributed by atoms with Crippen LogP contribution in [0.4, 0.5) is 5.69 Å². The molecule has 1 saturated heterocycles. The Morgan fingerprint density at radius 2 is 1.91 bits per heavy atom. The van der Waals surface area contributed by atoms with Crippen LogP contribution in [0.2, 0.25) is 10.0 Å². The Balaban J connectivity index is 1.31. The van der Waals surface area contributed by atoms with Crippen molar-refractivity contribution in [2.45, 2.75) is 13.0 Å². The number of rotatable bonds is 8. The van der Waals surface area contributed by atoms with Crippen LogP contribution in [0.15, 0.2) is 71.8 Å². The predicted molar refractivity (Wildman–Crippen MR) is 136 cm³/mol. The van der Waals surface area contributed by atoms with Crippen molar-refractivity contribution in [1.29, 1.82) is 0 Å². The first-order valence-electron chi connectivity index (χ1n) is 10.9. The maximum Gasteiger partial charge on any atom is 0.245 e. The highest BCUT2D eigenvalue weighted by atomic mass is 35.5. The number of benzene rings is 3. The van der Waals surface area contributed by atoms with E-state index in [0.29, 0.717) is 28.1 Å². The van der Waals surface area contributed by atoms with Gasteiger partial charge in [-0.3, -0.25) is 9.59 Å². The molecule has 7 nitrogen and oxygen atoms in total. The lowest BCUT2D eigenvalue weighted by Gasteiger charge is -2.16. The van der Waals surface area contributed by atoms with Crippen LogP contribution in [0.5, 0.6) is 11.5 Å². The van der Waals surface area contributed by atoms with Crippen molar-refractivity contribution < 1.29 is 19.1 Å². The Kier molecular flexibility index (Phi) is 7.90. The van der Waals surface area contributed by atoms with E-state index in [2.05, 4.69) is 10.5 Å². The normalized spacial score (nSPS) is 15.5. The van der Waals surface area contributed by atoms with Gasteiger partial charge in [-0.05, 0) is 54.1 Å². The number of carbonyl (C=O) groups is 2. The predicted octanol–water partition coefficient (Wildman–Crippen LogP) is 5.08. The van der Waals surface area contributed by atoms with Crippen molar-refractivity contribution in [3.63, 3.8) is 0 Å². The van der Waals surface area contributed by atoms with E-state index >= 15 is 0 Å². The molecule has 0 aliphatic carbocycles. The van der Waals surface area contributed by atoms with E-state index in [1.807, 2.05) is 24.3 Å². The minimum atomic E-state index is -0.486. The summed E-state index contributed by atoms with van der Waals surface area (Å²) >= 11 is 12.1. The molecular weight excluding hydrogens is 489 g/mol. The van der Waals surface area contributed by atoms with Gasteiger partial charge < -0.3 is 14.4 Å². The molecule has 0 aromatic heterocycles. The lowest BCUT2D eigenvalue weighted by Crippen LogP contribution is -2.30. The van der Waals surface area contributed by atoms with Crippen molar-refractivity contribution in [3.8, 4) is 11.5 Å². The second-order valence-electron chi connectivity index (χ2n) is 7.93. The Bertz CT molecular complexity index is 1250. The molecule has 0 spiro atoms. The van der Waals surface area contributed by atoms with Crippen LogP contribution in [-0.2, 0) is 16.2 Å². The van der Waals surface area contributed by atoms with Crippen LogP contribution in [0, 0.1) is 5.92 Å². The zero-order valence-electron chi connectivity index (χ0n) is 18.9. The van der Waals surface area contributed by atoms with Gasteiger partial charge in [-0.25, -0.2) is 5.43 Å². The van der Waals surface area contributed by atoms with Crippen LogP contribution < -0.4 is 19.8 Å². The summed E-state index contributed by atoms with van der Waals surface area (Å²) in [5, 5.41) is 5.15. The minimum Gasteiger partial charge on any atom is -0.497 e. The minimum absolute atomic E-state index is 0.107. The Morgan fingerprint density at radius 1 is 1.11 bits per heavy atom. The highest BCUT2D eigenvalue weighted by Gasteiger charge is 2.35. The number of hydrogen-bond acceptors (Lipinski definition) is 5. The average molecular weight is 512 g/mol. The van der Waals surface area contributed by atoms with Crippen molar-refractivity contribution in [2.24, 2.45) is 11.0 Å². The summed E-state index contributed by atoms with van der Waals surface area (Å²) in [6.45, 7) is 0.580. The molecule has 0 bridgehead atoms. The lowest BCUT2D eigenvalue weighted by molar-refractivity contribution is -0.126. The Morgan fingerprint density at radius 3 is 2.66 bits per heavy atom. The molecule has 180 valence electrons. The molecule has 0 saturated carbocycles. The van der Waals surface area contributed by atoms with E-state index < -0.39 is 5.92 Å². The standard InChI is InChI=1S/C26H23Cl2N3O4/c1-34-22-9-7-21(8-10-22)31-15-19(12-25(31)32)26(33)30-29-14-17-3-2-4-23(11-17)35-16-18-5-6-20(27)13-24(18)28/h2-11,13-14,19H,12,15-16H2,1H3,(H,30,33)/b29-14+/t19-/m0/s1. The van der Waals surface area contributed by atoms with Gasteiger partial charge in [-0.2, -0.15) is 5.10 Å². The van der Waals surface area contributed by atoms with Crippen LogP contribution in [-0.4, -0.2) is 31.7 Å². The summed E-state index contributed by atoms with van der Waals surface area (Å²) in [6, 6.07) is 19.7. The van der Waals surface area contributed by atoms with Crippen molar-refractivity contribution in [1.82, 2.24) is 5.43 Å². The molecule has 3 aromatic rings. The molecule has 9 heteroatoms. The highest BCUT2D eigenvalue weighted by molar-refractivity contribution is 6.35. The van der Waals surface area contributed by atoms with E-state index in [-0.39, 0.29) is 24.8 Å². The van der Waals surface area contributed by atoms with Crippen LogP contribution in [0.1, 0.15) is 17.5 Å². The SMILES string of the molecule is COc1ccc(N2C[C@@H](C(=O)N/N=C/c3cccc(OCc4ccc(Cl)cc4Cl)c3)CC2=O)cc1. The molecule has 1 heterocycles. The molecule has 1 atom stereocenters. The van der Waals surface area contributed by atoms with Gasteiger partial charge in [0.15, 0.2) is 0 Å². The molecule has 1 fully saturated rings. The molecular formula is C26H23Cl2N3O4. The van der Waals surface area contributed by atoms with E-state index in [0.717, 1.165) is 16.8 Å². The molecule has 1 aliphatic rings. The van der Waals surface area contributed by atoms with Crippen LogP contribution in [0.25, 0.3) is 0 Å². The number of carbonyl (C=O) groups excluding carboxylic acids is 2. The maximum atomic E-state index is 12.6. The fourth-order valence-electron chi connectivity index (χ4n) is 3.64. The summed E-state index contributed by atoms with van der Waals surface area (Å²) in [4.78, 5) is 26.6. The lowest BCUT2D eigenvalue weighted by atomic mass is 10.1. The quantitative estimate of drug-likeness (QED) is 0.337. The van der Waals surface area contributed by atoms with E-state index in [1.165, 1.54) is 6.21 Å². The van der Waals surface area contributed by atoms with E-state index in [4.69, 9.17) is 32.7 Å². The molecule has 0 unspecified atom stereocenters. The van der Waals surface area contributed by atoms with Gasteiger partial charge >= 0.3 is 0 Å². The first-order valence-corrected chi connectivity index (χ1v) is 11.6. The number of ether oxygens (including phenoxy) is 2. The zero-order valence-corrected chi connectivity index (χ0v) is 20.4. The smallest absolute Gasteiger partial charge is 0.245 e. The number of hydrazone groups is 1. The van der Waals surface area contributed by atoms with Crippen LogP contribution >= 0.6 is 23.2 Å². The van der Waals surface area contributed by atoms with Gasteiger partial charge in [-0.15, -0.1) is 0 Å². The largest absolute Gasteiger partial charge is 0.497 e. The first kappa shape index (κ1) is 24.6. The second-order valence-corrected chi connectivity index (χ2v) is 8.78. The molecule has 2 amide bonds. The summed E-state index contributed by atoms with van der Waals surface area (Å²) in [7, 11) is 1.58. The number of methoxy groups -OCH3 is 1. The van der Waals surface area contributed by atoms with Crippen LogP contribution in [0.3, 0.4) is 0 Å². The molecule has 4 rings (SSSR count). The van der Waals surface area contributed by atoms with Gasteiger partial charge in [0, 0.05) is 34.3 Å². The molecule has 3 aromatic carbocycles. The second kappa shape index (κ2) is 11.3. The maximum absolute atomic E-state index is 12.6. The number of nitrogens with one attached hydrogen (secondary N) is 1. The van der Waals surface area contributed by atoms with Gasteiger partial charge in [0.05, 0.1) is 19.2 Å². The van der Waals surface area contributed by atoms with Gasteiger partial charge in [-0.1, -0.05) is 41.4 Å². The van der Waals surface area contributed by atoms with Gasteiger partial charge in [0.2, 0.25) is 11.8 Å². The third-order valence-corrected chi connectivity index (χ3v) is 6.12. The fraction of sp³-hybridized carbons (Fsp3) is 0.192. The number of hydrogen-bond donors (Lipinski definition) is 1. The summed E-state index contributed by atoms with van der Waals surface area (Å²) in [6.07, 6.45) is 1.65. The van der Waals surface area contributed by atoms with Crippen molar-refractivity contribution in [2.75, 3.05) is 18.6 Å². The van der Waals surface area contributed by atoms with Gasteiger partial charge in [0.1, 0.15) is 18.1 Å². The van der Waals surface area contributed by atoms with Crippen molar-refractivity contribution >= 4 is 46.9 Å². The number of halogens is 2. The third kappa shape index (κ3) is 6.32. The monoisotopic (exact) mass is 511 g/mol. The molecule has 0 radical (unpaired) electrons. The van der Waals surface area contributed by atoms with Crippen molar-refractivity contribution in [3.05, 3.63) is 87.9 Å². The summed E-state index contributed by atoms with van der Waals surface area (Å²) in [5.41, 5.74) is 4.82. The summed E-state index contributed by atoms with van der Waals surface area (Å²) in [5.74, 6) is 0.427. The van der Waals surface area contributed by atoms with E-state index in [9.17, 15) is 9.59 Å². The molecule has 1 N–H and O–H groups in total. The Hall–Kier alpha value is -3.55. The highest BCUT2D eigenvalue weighted by Crippen LogP contribution is 2.27. The molecule has 35 heavy (non-hydrogen) atoms. The number of amides is 2. The number of nitrogens with zero attached hydrogens (tertiary/aromatic N) is 2. The van der Waals surface area contributed by atoms with E-state index in [1.54, 1.807) is 54.5 Å². The number of anilines is 1. The molecule has 1 aliphatic heterocycles. The fourth-order valence-corrected chi connectivity index (χ4v) is 4.10. The summed E-state index contributed by atoms with van der Waals surface area (Å²) < 4.78 is 11.0. The average Bonchev–Trinajstić information content (AvgIpc) is 3.25. The Labute approximate surface area is 213 Å². The van der Waals surface area contributed by atoms with Gasteiger partial charge in [0.25, 0.3) is 0 Å². The third-order valence-electron chi connectivity index (χ3n) is 5.54.